The highest BCUT2D eigenvalue weighted by Crippen LogP contribution is 2.20. The Balaban J connectivity index is 1.47. The number of carbonyl (C=O) groups excluding carboxylic acids is 4. The van der Waals surface area contributed by atoms with Gasteiger partial charge in [0.05, 0.1) is 32.1 Å². The van der Waals surface area contributed by atoms with Crippen molar-refractivity contribution in [3.8, 4) is 0 Å². The van der Waals surface area contributed by atoms with Gasteiger partial charge >= 0.3 is 12.1 Å². The van der Waals surface area contributed by atoms with Crippen molar-refractivity contribution in [1.82, 2.24) is 25.9 Å². The lowest BCUT2D eigenvalue weighted by molar-refractivity contribution is -0.167. The molecule has 1 unspecified atom stereocenters. The normalized spacial score (nSPS) is 21.0. The number of hydrogen-bond donors (Lipinski definition) is 3. The number of ether oxygens (including phenoxy) is 1. The number of amides is 6. The average molecular weight is 454 g/mol. The van der Waals surface area contributed by atoms with Crippen molar-refractivity contribution in [2.75, 3.05) is 26.7 Å². The van der Waals surface area contributed by atoms with E-state index in [1.54, 1.807) is 42.5 Å². The van der Waals surface area contributed by atoms with Crippen LogP contribution >= 0.6 is 0 Å². The molecule has 2 atom stereocenters. The molecule has 2 fully saturated rings. The summed E-state index contributed by atoms with van der Waals surface area (Å²) in [6.07, 6.45) is 2.84. The van der Waals surface area contributed by atoms with Crippen LogP contribution in [0.3, 0.4) is 0 Å². The molecule has 6 amide bonds. The van der Waals surface area contributed by atoms with Crippen molar-refractivity contribution in [3.63, 3.8) is 0 Å². The fourth-order valence-electron chi connectivity index (χ4n) is 3.37. The molecule has 0 spiro atoms. The zero-order valence-corrected chi connectivity index (χ0v) is 17.7. The lowest BCUT2D eigenvalue weighted by Crippen LogP contribution is -2.74. The van der Waals surface area contributed by atoms with E-state index in [2.05, 4.69) is 21.1 Å². The molecule has 1 aromatic heterocycles. The second-order valence-electron chi connectivity index (χ2n) is 7.31. The predicted octanol–water partition coefficient (Wildman–Crippen LogP) is 0.391. The molecule has 0 aliphatic carbocycles. The van der Waals surface area contributed by atoms with Gasteiger partial charge in [-0.1, -0.05) is 30.3 Å². The highest BCUT2D eigenvalue weighted by atomic mass is 16.5. The highest BCUT2D eigenvalue weighted by Gasteiger charge is 2.49. The average Bonchev–Trinajstić information content (AvgIpc) is 3.48. The van der Waals surface area contributed by atoms with Gasteiger partial charge in [-0.15, -0.1) is 0 Å². The highest BCUT2D eigenvalue weighted by molar-refractivity contribution is 6.00. The van der Waals surface area contributed by atoms with Crippen molar-refractivity contribution in [1.29, 1.82) is 0 Å². The molecule has 1 aromatic carbocycles. The molecule has 4 rings (SSSR count). The van der Waals surface area contributed by atoms with Crippen LogP contribution in [0, 0.1) is 0 Å². The lowest BCUT2D eigenvalue weighted by atomic mass is 10.0. The number of benzene rings is 1. The summed E-state index contributed by atoms with van der Waals surface area (Å²) in [6.45, 7) is 0.350. The number of rotatable bonds is 7. The Hall–Kier alpha value is -4.19. The van der Waals surface area contributed by atoms with E-state index in [9.17, 15) is 19.2 Å². The number of imide groups is 1. The third-order valence-corrected chi connectivity index (χ3v) is 5.30. The summed E-state index contributed by atoms with van der Waals surface area (Å²) >= 11 is 0. The Morgan fingerprint density at radius 2 is 2.00 bits per heavy atom. The number of nitrogens with one attached hydrogen (secondary N) is 3. The SMILES string of the molecule is CO[C@]1(NC(=O)C(NC(=O)N2CCN(N=Cc3ccco3)C2=O)c2ccccc2)CNC1=O. The van der Waals surface area contributed by atoms with E-state index in [1.807, 2.05) is 0 Å². The van der Waals surface area contributed by atoms with Crippen LogP contribution in [-0.2, 0) is 14.3 Å². The van der Waals surface area contributed by atoms with Gasteiger partial charge in [-0.2, -0.15) is 5.10 Å². The van der Waals surface area contributed by atoms with Gasteiger partial charge in [0.1, 0.15) is 11.8 Å². The molecule has 0 bridgehead atoms. The first-order valence-electron chi connectivity index (χ1n) is 10.1. The summed E-state index contributed by atoms with van der Waals surface area (Å²) in [6, 6.07) is 9.23. The number of carbonyl (C=O) groups is 4. The summed E-state index contributed by atoms with van der Waals surface area (Å²) in [4.78, 5) is 51.5. The van der Waals surface area contributed by atoms with Crippen molar-refractivity contribution in [3.05, 3.63) is 60.1 Å². The number of furan rings is 1. The molecule has 172 valence electrons. The Labute approximate surface area is 188 Å². The third kappa shape index (κ3) is 4.41. The first-order chi connectivity index (χ1) is 15.9. The van der Waals surface area contributed by atoms with Crippen LogP contribution in [0.5, 0.6) is 0 Å². The Morgan fingerprint density at radius 1 is 1.21 bits per heavy atom. The minimum absolute atomic E-state index is 0.0771. The van der Waals surface area contributed by atoms with Gasteiger partial charge in [0, 0.05) is 7.11 Å². The van der Waals surface area contributed by atoms with Crippen LogP contribution in [0.15, 0.2) is 58.2 Å². The molecule has 12 nitrogen and oxygen atoms in total. The van der Waals surface area contributed by atoms with Crippen LogP contribution in [0.2, 0.25) is 0 Å². The van der Waals surface area contributed by atoms with Crippen molar-refractivity contribution in [2.24, 2.45) is 5.10 Å². The summed E-state index contributed by atoms with van der Waals surface area (Å²) in [5, 5.41) is 12.8. The Kier molecular flexibility index (Phi) is 6.09. The zero-order valence-electron chi connectivity index (χ0n) is 17.7. The van der Waals surface area contributed by atoms with E-state index in [0.29, 0.717) is 11.3 Å². The first-order valence-corrected chi connectivity index (χ1v) is 10.1. The van der Waals surface area contributed by atoms with Crippen LogP contribution in [0.4, 0.5) is 9.59 Å². The summed E-state index contributed by atoms with van der Waals surface area (Å²) in [5.74, 6) is -0.694. The van der Waals surface area contributed by atoms with Gasteiger partial charge in [0.15, 0.2) is 0 Å². The van der Waals surface area contributed by atoms with Gasteiger partial charge in [-0.25, -0.2) is 19.5 Å². The van der Waals surface area contributed by atoms with Crippen LogP contribution < -0.4 is 16.0 Å². The number of methoxy groups -OCH3 is 1. The van der Waals surface area contributed by atoms with Crippen molar-refractivity contribution < 1.29 is 28.3 Å². The van der Waals surface area contributed by atoms with Crippen molar-refractivity contribution in [2.45, 2.75) is 11.8 Å². The number of hydrazone groups is 1. The third-order valence-electron chi connectivity index (χ3n) is 5.30. The van der Waals surface area contributed by atoms with Gasteiger partial charge in [-0.05, 0) is 17.7 Å². The topological polar surface area (TPSA) is 146 Å². The Bertz CT molecular complexity index is 1070. The molecule has 12 heteroatoms. The zero-order chi connectivity index (χ0) is 23.4. The van der Waals surface area contributed by atoms with E-state index in [1.165, 1.54) is 19.6 Å². The van der Waals surface area contributed by atoms with E-state index in [-0.39, 0.29) is 19.6 Å². The molecule has 0 radical (unpaired) electrons. The number of hydrogen-bond acceptors (Lipinski definition) is 7. The quantitative estimate of drug-likeness (QED) is 0.313. The minimum atomic E-state index is -1.50. The van der Waals surface area contributed by atoms with Gasteiger partial charge in [0.2, 0.25) is 11.6 Å². The van der Waals surface area contributed by atoms with Gasteiger partial charge < -0.3 is 25.1 Å². The van der Waals surface area contributed by atoms with Crippen LogP contribution in [0.25, 0.3) is 0 Å². The number of β-lactam (4-membered cyclic amide) rings is 1. The monoisotopic (exact) mass is 454 g/mol. The second kappa shape index (κ2) is 9.12. The summed E-state index contributed by atoms with van der Waals surface area (Å²) in [7, 11) is 1.30. The molecule has 2 saturated heterocycles. The summed E-state index contributed by atoms with van der Waals surface area (Å²) < 4.78 is 10.3. The molecule has 0 saturated carbocycles. The van der Waals surface area contributed by atoms with Crippen LogP contribution in [0.1, 0.15) is 17.4 Å². The standard InChI is InChI=1S/C21H22N6O6/c1-32-21(13-22-18(21)29)25-17(28)16(14-6-3-2-4-7-14)24-19(30)26-9-10-27(20(26)31)23-12-15-8-5-11-33-15/h2-8,11-12,16H,9-10,13H2,1H3,(H,22,29)(H,24,30)(H,25,28)/t16?,21-/m1/s1. The number of urea groups is 2. The molecule has 2 aromatic rings. The Morgan fingerprint density at radius 3 is 2.61 bits per heavy atom. The molecule has 33 heavy (non-hydrogen) atoms. The number of nitrogens with zero attached hydrogens (tertiary/aromatic N) is 3. The minimum Gasteiger partial charge on any atom is -0.463 e. The predicted molar refractivity (Wildman–Crippen MR) is 114 cm³/mol. The smallest absolute Gasteiger partial charge is 0.348 e. The molecular formula is C21H22N6O6. The molecule has 3 heterocycles. The largest absolute Gasteiger partial charge is 0.463 e. The first kappa shape index (κ1) is 22.0. The van der Waals surface area contributed by atoms with Crippen LogP contribution in [-0.4, -0.2) is 72.5 Å². The maximum Gasteiger partial charge on any atom is 0.348 e. The van der Waals surface area contributed by atoms with Gasteiger partial charge in [0.25, 0.3) is 5.91 Å². The fraction of sp³-hybridized carbons (Fsp3) is 0.286. The van der Waals surface area contributed by atoms with E-state index >= 15 is 0 Å². The van der Waals surface area contributed by atoms with E-state index < -0.39 is 35.6 Å². The van der Waals surface area contributed by atoms with E-state index in [0.717, 1.165) is 9.91 Å². The second-order valence-corrected chi connectivity index (χ2v) is 7.31. The maximum absolute atomic E-state index is 13.1. The summed E-state index contributed by atoms with van der Waals surface area (Å²) in [5.41, 5.74) is -1.04. The van der Waals surface area contributed by atoms with Gasteiger partial charge in [-0.3, -0.25) is 9.59 Å². The van der Waals surface area contributed by atoms with E-state index in [4.69, 9.17) is 9.15 Å². The molecule has 2 aliphatic rings. The molecule has 3 N–H and O–H groups in total. The lowest BCUT2D eigenvalue weighted by Gasteiger charge is -2.40. The fourth-order valence-corrected chi connectivity index (χ4v) is 3.37. The van der Waals surface area contributed by atoms with Crippen molar-refractivity contribution >= 4 is 30.1 Å². The molecule has 2 aliphatic heterocycles. The maximum atomic E-state index is 13.1. The molecular weight excluding hydrogens is 432 g/mol.